The number of H-pyrrole nitrogens is 1. The van der Waals surface area contributed by atoms with Crippen LogP contribution in [-0.2, 0) is 0 Å². The third-order valence-corrected chi connectivity index (χ3v) is 7.17. The Morgan fingerprint density at radius 3 is 2.72 bits per heavy atom. The summed E-state index contributed by atoms with van der Waals surface area (Å²) >= 11 is 0. The summed E-state index contributed by atoms with van der Waals surface area (Å²) in [4.78, 5) is 7.96. The lowest BCUT2D eigenvalue weighted by molar-refractivity contribution is 0.126. The molecule has 2 heterocycles. The maximum Gasteiger partial charge on any atom is 0.139 e. The average molecular weight is 480 g/mol. The Morgan fingerprint density at radius 2 is 1.92 bits per heavy atom. The van der Waals surface area contributed by atoms with Crippen molar-refractivity contribution in [3.63, 3.8) is 0 Å². The van der Waals surface area contributed by atoms with Crippen LogP contribution >= 0.6 is 0 Å². The lowest BCUT2D eigenvalue weighted by Crippen LogP contribution is -2.28. The Balaban J connectivity index is 1.42. The predicted octanol–water partition coefficient (Wildman–Crippen LogP) is 6.21. The van der Waals surface area contributed by atoms with Gasteiger partial charge >= 0.3 is 0 Å². The third-order valence-electron chi connectivity index (χ3n) is 7.17. The minimum absolute atomic E-state index is 0.223. The zero-order valence-corrected chi connectivity index (χ0v) is 19.9. The molecule has 3 aromatic carbocycles. The number of anilines is 1. The van der Waals surface area contributed by atoms with Crippen LogP contribution in [0.5, 0.6) is 0 Å². The van der Waals surface area contributed by atoms with Crippen LogP contribution in [0, 0.1) is 24.1 Å². The Bertz CT molecular complexity index is 1640. The smallest absolute Gasteiger partial charge is 0.139 e. The van der Waals surface area contributed by atoms with Crippen molar-refractivity contribution in [2.45, 2.75) is 44.8 Å². The fourth-order valence-corrected chi connectivity index (χ4v) is 5.35. The highest BCUT2D eigenvalue weighted by atomic mass is 19.1. The van der Waals surface area contributed by atoms with Gasteiger partial charge in [0, 0.05) is 28.4 Å². The summed E-state index contributed by atoms with van der Waals surface area (Å²) in [5, 5.41) is 24.1. The predicted molar refractivity (Wildman–Crippen MR) is 140 cm³/mol. The number of nitriles is 1. The summed E-state index contributed by atoms with van der Waals surface area (Å²) in [5.74, 6) is 0.396. The lowest BCUT2D eigenvalue weighted by Gasteiger charge is -2.27. The molecule has 6 nitrogen and oxygen atoms in total. The molecule has 0 saturated heterocycles. The van der Waals surface area contributed by atoms with E-state index >= 15 is 0 Å². The van der Waals surface area contributed by atoms with E-state index < -0.39 is 0 Å². The second kappa shape index (κ2) is 8.81. The highest BCUT2D eigenvalue weighted by Crippen LogP contribution is 2.34. The maximum absolute atomic E-state index is 13.7. The molecule has 0 aliphatic heterocycles. The number of rotatable bonds is 4. The van der Waals surface area contributed by atoms with Gasteiger partial charge in [-0.1, -0.05) is 12.1 Å². The minimum Gasteiger partial charge on any atom is -0.393 e. The van der Waals surface area contributed by atoms with Gasteiger partial charge in [-0.25, -0.2) is 9.37 Å². The Kier molecular flexibility index (Phi) is 5.46. The van der Waals surface area contributed by atoms with Gasteiger partial charge in [-0.15, -0.1) is 0 Å². The fraction of sp³-hybridized carbons (Fsp3) is 0.241. The second-order valence-corrected chi connectivity index (χ2v) is 9.60. The zero-order chi connectivity index (χ0) is 24.8. The first kappa shape index (κ1) is 22.3. The van der Waals surface area contributed by atoms with Crippen molar-refractivity contribution in [1.82, 2.24) is 14.5 Å². The molecule has 7 heteroatoms. The second-order valence-electron chi connectivity index (χ2n) is 9.60. The summed E-state index contributed by atoms with van der Waals surface area (Å²) in [6, 6.07) is 21.2. The monoisotopic (exact) mass is 479 g/mol. The van der Waals surface area contributed by atoms with Gasteiger partial charge in [0.2, 0.25) is 0 Å². The number of benzene rings is 3. The molecule has 0 spiro atoms. The first-order valence-corrected chi connectivity index (χ1v) is 12.3. The van der Waals surface area contributed by atoms with Gasteiger partial charge in [-0.2, -0.15) is 5.26 Å². The van der Waals surface area contributed by atoms with Gasteiger partial charge in [0.15, 0.2) is 0 Å². The molecule has 5 aromatic rings. The van der Waals surface area contributed by atoms with Gasteiger partial charge in [-0.3, -0.25) is 0 Å². The Morgan fingerprint density at radius 1 is 1.08 bits per heavy atom. The van der Waals surface area contributed by atoms with E-state index in [1.54, 1.807) is 6.07 Å². The van der Waals surface area contributed by atoms with E-state index in [4.69, 9.17) is 4.98 Å². The van der Waals surface area contributed by atoms with E-state index in [1.165, 1.54) is 12.1 Å². The molecular weight excluding hydrogens is 453 g/mol. The van der Waals surface area contributed by atoms with Gasteiger partial charge < -0.3 is 20.0 Å². The summed E-state index contributed by atoms with van der Waals surface area (Å²) in [7, 11) is 0. The van der Waals surface area contributed by atoms with Crippen LogP contribution in [0.1, 0.15) is 36.9 Å². The first-order valence-electron chi connectivity index (χ1n) is 12.3. The van der Waals surface area contributed by atoms with Crippen LogP contribution in [0.15, 0.2) is 60.7 Å². The molecule has 0 radical (unpaired) electrons. The van der Waals surface area contributed by atoms with E-state index in [1.807, 2.05) is 30.3 Å². The molecule has 0 bridgehead atoms. The van der Waals surface area contributed by atoms with Crippen LogP contribution in [0.25, 0.3) is 39.0 Å². The average Bonchev–Trinajstić information content (AvgIpc) is 3.45. The molecule has 6 rings (SSSR count). The fourth-order valence-electron chi connectivity index (χ4n) is 5.35. The van der Waals surface area contributed by atoms with Gasteiger partial charge in [0.25, 0.3) is 0 Å². The molecule has 180 valence electrons. The van der Waals surface area contributed by atoms with E-state index in [0.29, 0.717) is 16.9 Å². The highest BCUT2D eigenvalue weighted by Gasteiger charge is 2.21. The van der Waals surface area contributed by atoms with Crippen LogP contribution < -0.4 is 5.32 Å². The quantitative estimate of drug-likeness (QED) is 0.286. The van der Waals surface area contributed by atoms with Crippen molar-refractivity contribution < 1.29 is 9.50 Å². The number of hydrogen-bond donors (Lipinski definition) is 3. The van der Waals surface area contributed by atoms with Gasteiger partial charge in [0.05, 0.1) is 33.9 Å². The van der Waals surface area contributed by atoms with Gasteiger partial charge in [-0.05, 0) is 81.1 Å². The maximum atomic E-state index is 13.7. The van der Waals surface area contributed by atoms with Gasteiger partial charge in [0.1, 0.15) is 17.7 Å². The summed E-state index contributed by atoms with van der Waals surface area (Å²) < 4.78 is 15.9. The number of nitrogens with one attached hydrogen (secondary N) is 2. The summed E-state index contributed by atoms with van der Waals surface area (Å²) in [6.07, 6.45) is 3.09. The van der Waals surface area contributed by atoms with E-state index in [2.05, 4.69) is 40.0 Å². The molecule has 0 amide bonds. The zero-order valence-electron chi connectivity index (χ0n) is 19.9. The SMILES string of the molecule is Cc1cc2c(-c3nc4ccc(F)cc4[nH]3)cccc2n1-c1ccc(C#N)c(NC2CCC(O)CC2)c1. The van der Waals surface area contributed by atoms with Crippen molar-refractivity contribution in [2.24, 2.45) is 0 Å². The molecule has 0 atom stereocenters. The number of imidazole rings is 1. The van der Waals surface area contributed by atoms with Crippen LogP contribution in [0.2, 0.25) is 0 Å². The number of nitrogens with zero attached hydrogens (tertiary/aromatic N) is 3. The van der Waals surface area contributed by atoms with Crippen LogP contribution in [0.4, 0.5) is 10.1 Å². The minimum atomic E-state index is -0.299. The van der Waals surface area contributed by atoms with E-state index in [0.717, 1.165) is 64.7 Å². The molecule has 1 fully saturated rings. The summed E-state index contributed by atoms with van der Waals surface area (Å²) in [6.45, 7) is 2.06. The van der Waals surface area contributed by atoms with Crippen molar-refractivity contribution in [2.75, 3.05) is 5.32 Å². The lowest BCUT2D eigenvalue weighted by atomic mass is 9.93. The van der Waals surface area contributed by atoms with Crippen molar-refractivity contribution in [3.05, 3.63) is 77.7 Å². The molecule has 1 aliphatic rings. The number of hydrogen-bond acceptors (Lipinski definition) is 4. The third kappa shape index (κ3) is 3.90. The first-order chi connectivity index (χ1) is 17.5. The van der Waals surface area contributed by atoms with Crippen LogP contribution in [-0.4, -0.2) is 31.8 Å². The highest BCUT2D eigenvalue weighted by molar-refractivity contribution is 5.97. The summed E-state index contributed by atoms with van der Waals surface area (Å²) in [5.41, 5.74) is 6.78. The molecule has 36 heavy (non-hydrogen) atoms. The topological polar surface area (TPSA) is 89.7 Å². The number of aliphatic hydroxyl groups is 1. The van der Waals surface area contributed by atoms with E-state index in [-0.39, 0.29) is 18.0 Å². The largest absolute Gasteiger partial charge is 0.393 e. The molecular formula is C29H26FN5O. The van der Waals surface area contributed by atoms with Crippen LogP contribution in [0.3, 0.4) is 0 Å². The van der Waals surface area contributed by atoms with Crippen molar-refractivity contribution >= 4 is 27.6 Å². The number of halogens is 1. The number of fused-ring (bicyclic) bond motifs is 2. The molecule has 0 unspecified atom stereocenters. The standard InChI is InChI=1S/C29H26FN5O/c1-17-13-24-23(29-33-25-12-6-19(30)14-27(25)34-29)3-2-4-28(24)35(17)21-9-5-18(16-31)26(15-21)32-20-7-10-22(36)11-8-20/h2-6,9,12-15,20,22,32,36H,7-8,10-11H2,1H3,(H,33,34). The molecule has 2 aromatic heterocycles. The number of aryl methyl sites for hydroxylation is 1. The number of aromatic amines is 1. The normalized spacial score (nSPS) is 17.9. The number of aliphatic hydroxyl groups excluding tert-OH is 1. The van der Waals surface area contributed by atoms with Crippen molar-refractivity contribution in [3.8, 4) is 23.1 Å². The van der Waals surface area contributed by atoms with Crippen molar-refractivity contribution in [1.29, 1.82) is 5.26 Å². The Hall–Kier alpha value is -4.15. The number of aromatic nitrogens is 3. The molecule has 1 aliphatic carbocycles. The molecule has 3 N–H and O–H groups in total. The van der Waals surface area contributed by atoms with E-state index in [9.17, 15) is 14.8 Å². The molecule has 1 saturated carbocycles. The Labute approximate surface area is 208 Å².